The van der Waals surface area contributed by atoms with Crippen LogP contribution in [0.25, 0.3) is 0 Å². The highest BCUT2D eigenvalue weighted by Crippen LogP contribution is 2.33. The number of benzene rings is 1. The van der Waals surface area contributed by atoms with Crippen molar-refractivity contribution in [3.8, 4) is 5.75 Å². The van der Waals surface area contributed by atoms with Crippen LogP contribution in [0.15, 0.2) is 22.7 Å². The molecule has 1 amide bonds. The van der Waals surface area contributed by atoms with Crippen molar-refractivity contribution >= 4 is 33.5 Å². The average Bonchev–Trinajstić information content (AvgIpc) is 2.47. The fraction of sp³-hybridized carbons (Fsp3) is 0.500. The van der Waals surface area contributed by atoms with Crippen LogP contribution in [-0.2, 0) is 9.59 Å². The molecule has 0 fully saturated rings. The van der Waals surface area contributed by atoms with Crippen molar-refractivity contribution in [3.63, 3.8) is 0 Å². The number of hydrogen-bond acceptors (Lipinski definition) is 3. The van der Waals surface area contributed by atoms with Gasteiger partial charge in [0.2, 0.25) is 5.91 Å². The largest absolute Gasteiger partial charge is 0.492 e. The molecule has 0 aromatic heterocycles. The van der Waals surface area contributed by atoms with Gasteiger partial charge in [0.1, 0.15) is 5.75 Å². The summed E-state index contributed by atoms with van der Waals surface area (Å²) in [7, 11) is 0. The molecule has 1 aromatic rings. The molecule has 0 heterocycles. The van der Waals surface area contributed by atoms with Crippen molar-refractivity contribution in [2.45, 2.75) is 40.0 Å². The van der Waals surface area contributed by atoms with Crippen LogP contribution in [-0.4, -0.2) is 23.6 Å². The predicted molar refractivity (Wildman–Crippen MR) is 89.2 cm³/mol. The normalized spacial score (nSPS) is 11.1. The van der Waals surface area contributed by atoms with E-state index in [0.717, 1.165) is 4.47 Å². The van der Waals surface area contributed by atoms with E-state index < -0.39 is 11.4 Å². The Morgan fingerprint density at radius 1 is 1.27 bits per heavy atom. The van der Waals surface area contributed by atoms with Crippen LogP contribution >= 0.6 is 15.9 Å². The Morgan fingerprint density at radius 3 is 2.41 bits per heavy atom. The Hall–Kier alpha value is -1.56. The molecule has 0 saturated heterocycles. The second kappa shape index (κ2) is 8.17. The van der Waals surface area contributed by atoms with Crippen LogP contribution in [0, 0.1) is 5.41 Å². The Kier molecular flexibility index (Phi) is 6.87. The SMILES string of the molecule is CCOc1ccc(Br)cc1NC(=O)CC(CC)(CC)C(=O)O. The van der Waals surface area contributed by atoms with Gasteiger partial charge in [0.15, 0.2) is 0 Å². The van der Waals surface area contributed by atoms with E-state index in [9.17, 15) is 14.7 Å². The molecule has 5 nitrogen and oxygen atoms in total. The van der Waals surface area contributed by atoms with E-state index in [-0.39, 0.29) is 12.3 Å². The van der Waals surface area contributed by atoms with E-state index in [1.165, 1.54) is 0 Å². The van der Waals surface area contributed by atoms with Gasteiger partial charge in [0.05, 0.1) is 17.7 Å². The third-order valence-electron chi connectivity index (χ3n) is 3.82. The topological polar surface area (TPSA) is 75.6 Å². The number of carboxylic acids is 1. The van der Waals surface area contributed by atoms with Gasteiger partial charge in [-0.25, -0.2) is 0 Å². The van der Waals surface area contributed by atoms with Gasteiger partial charge < -0.3 is 15.2 Å². The number of rotatable bonds is 8. The van der Waals surface area contributed by atoms with Crippen molar-refractivity contribution < 1.29 is 19.4 Å². The lowest BCUT2D eigenvalue weighted by molar-refractivity contribution is -0.151. The molecule has 6 heteroatoms. The number of ether oxygens (including phenoxy) is 1. The molecule has 0 unspecified atom stereocenters. The highest BCUT2D eigenvalue weighted by Gasteiger charge is 2.37. The van der Waals surface area contributed by atoms with E-state index in [1.54, 1.807) is 26.0 Å². The van der Waals surface area contributed by atoms with Gasteiger partial charge in [-0.1, -0.05) is 29.8 Å². The van der Waals surface area contributed by atoms with Crippen molar-refractivity contribution in [2.24, 2.45) is 5.41 Å². The second-order valence-corrected chi connectivity index (χ2v) is 6.01. The van der Waals surface area contributed by atoms with Gasteiger partial charge in [0.25, 0.3) is 0 Å². The summed E-state index contributed by atoms with van der Waals surface area (Å²) < 4.78 is 6.28. The smallest absolute Gasteiger partial charge is 0.310 e. The van der Waals surface area contributed by atoms with Crippen LogP contribution in [0.4, 0.5) is 5.69 Å². The number of aliphatic carboxylic acids is 1. The van der Waals surface area contributed by atoms with E-state index in [4.69, 9.17) is 4.74 Å². The maximum Gasteiger partial charge on any atom is 0.310 e. The zero-order valence-corrected chi connectivity index (χ0v) is 14.7. The molecule has 122 valence electrons. The van der Waals surface area contributed by atoms with E-state index in [1.807, 2.05) is 13.0 Å². The van der Waals surface area contributed by atoms with Crippen molar-refractivity contribution in [1.29, 1.82) is 0 Å². The van der Waals surface area contributed by atoms with E-state index in [2.05, 4.69) is 21.2 Å². The third-order valence-corrected chi connectivity index (χ3v) is 4.31. The van der Waals surface area contributed by atoms with E-state index >= 15 is 0 Å². The summed E-state index contributed by atoms with van der Waals surface area (Å²) in [5.41, 5.74) is -0.491. The summed E-state index contributed by atoms with van der Waals surface area (Å²) in [6.07, 6.45) is 0.750. The van der Waals surface area contributed by atoms with Gasteiger partial charge >= 0.3 is 5.97 Å². The minimum absolute atomic E-state index is 0.0621. The van der Waals surface area contributed by atoms with Crippen LogP contribution < -0.4 is 10.1 Å². The van der Waals surface area contributed by atoms with Crippen LogP contribution in [0.2, 0.25) is 0 Å². The third kappa shape index (κ3) is 4.47. The van der Waals surface area contributed by atoms with Crippen molar-refractivity contribution in [2.75, 3.05) is 11.9 Å². The molecule has 0 bridgehead atoms. The molecular formula is C16H22BrNO4. The van der Waals surface area contributed by atoms with Gasteiger partial charge in [-0.05, 0) is 38.0 Å². The van der Waals surface area contributed by atoms with E-state index in [0.29, 0.717) is 30.9 Å². The lowest BCUT2D eigenvalue weighted by Gasteiger charge is -2.26. The highest BCUT2D eigenvalue weighted by atomic mass is 79.9. The zero-order valence-electron chi connectivity index (χ0n) is 13.1. The fourth-order valence-corrected chi connectivity index (χ4v) is 2.62. The fourth-order valence-electron chi connectivity index (χ4n) is 2.26. The zero-order chi connectivity index (χ0) is 16.8. The van der Waals surface area contributed by atoms with Crippen LogP contribution in [0.5, 0.6) is 5.75 Å². The maximum atomic E-state index is 12.3. The molecule has 0 spiro atoms. The van der Waals surface area contributed by atoms with Gasteiger partial charge in [-0.3, -0.25) is 9.59 Å². The summed E-state index contributed by atoms with van der Waals surface area (Å²) in [6.45, 7) is 5.91. The van der Waals surface area contributed by atoms with Crippen molar-refractivity contribution in [3.05, 3.63) is 22.7 Å². The minimum atomic E-state index is -1.03. The lowest BCUT2D eigenvalue weighted by Crippen LogP contribution is -2.34. The first-order chi connectivity index (χ1) is 10.4. The number of carboxylic acid groups (broad SMARTS) is 1. The van der Waals surface area contributed by atoms with Crippen LogP contribution in [0.3, 0.4) is 0 Å². The Labute approximate surface area is 139 Å². The molecule has 22 heavy (non-hydrogen) atoms. The first kappa shape index (κ1) is 18.5. The number of anilines is 1. The number of nitrogens with one attached hydrogen (secondary N) is 1. The Balaban J connectivity index is 2.93. The monoisotopic (exact) mass is 371 g/mol. The molecule has 1 rings (SSSR count). The van der Waals surface area contributed by atoms with Gasteiger partial charge in [-0.2, -0.15) is 0 Å². The molecule has 2 N–H and O–H groups in total. The molecule has 0 radical (unpaired) electrons. The number of hydrogen-bond donors (Lipinski definition) is 2. The standard InChI is InChI=1S/C16H22BrNO4/c1-4-16(5-2,15(20)21)10-14(19)18-12-9-11(17)7-8-13(12)22-6-3/h7-9H,4-6,10H2,1-3H3,(H,18,19)(H,20,21). The molecular weight excluding hydrogens is 350 g/mol. The number of halogens is 1. The molecule has 0 aliphatic rings. The molecule has 0 aliphatic heterocycles. The molecule has 0 atom stereocenters. The number of amides is 1. The highest BCUT2D eigenvalue weighted by molar-refractivity contribution is 9.10. The first-order valence-electron chi connectivity index (χ1n) is 7.34. The maximum absolute atomic E-state index is 12.3. The second-order valence-electron chi connectivity index (χ2n) is 5.09. The summed E-state index contributed by atoms with van der Waals surface area (Å²) in [6, 6.07) is 5.32. The number of carbonyl (C=O) groups excluding carboxylic acids is 1. The van der Waals surface area contributed by atoms with Gasteiger partial charge in [0, 0.05) is 10.9 Å². The molecule has 1 aromatic carbocycles. The minimum Gasteiger partial charge on any atom is -0.492 e. The van der Waals surface area contributed by atoms with Crippen molar-refractivity contribution in [1.82, 2.24) is 0 Å². The summed E-state index contributed by atoms with van der Waals surface area (Å²) in [5.74, 6) is -0.704. The lowest BCUT2D eigenvalue weighted by atomic mass is 9.79. The quantitative estimate of drug-likeness (QED) is 0.721. The predicted octanol–water partition coefficient (Wildman–Crippen LogP) is 4.07. The Bertz CT molecular complexity index is 541. The average molecular weight is 372 g/mol. The number of carbonyl (C=O) groups is 2. The Morgan fingerprint density at radius 2 is 1.91 bits per heavy atom. The molecule has 0 saturated carbocycles. The van der Waals surface area contributed by atoms with Crippen LogP contribution in [0.1, 0.15) is 40.0 Å². The molecule has 0 aliphatic carbocycles. The van der Waals surface area contributed by atoms with Gasteiger partial charge in [-0.15, -0.1) is 0 Å². The summed E-state index contributed by atoms with van der Waals surface area (Å²) >= 11 is 3.35. The summed E-state index contributed by atoms with van der Waals surface area (Å²) in [5, 5.41) is 12.2. The summed E-state index contributed by atoms with van der Waals surface area (Å²) in [4.78, 5) is 23.8. The first-order valence-corrected chi connectivity index (χ1v) is 8.13.